The van der Waals surface area contributed by atoms with Crippen LogP contribution in [0.4, 0.5) is 4.79 Å². The fraction of sp³-hybridized carbons (Fsp3) is 0.194. The Labute approximate surface area is 232 Å². The van der Waals surface area contributed by atoms with Crippen molar-refractivity contribution in [1.29, 1.82) is 0 Å². The third-order valence-corrected chi connectivity index (χ3v) is 7.28. The number of urea groups is 1. The molecule has 0 bridgehead atoms. The molecule has 5 rings (SSSR count). The van der Waals surface area contributed by atoms with Gasteiger partial charge in [-0.3, -0.25) is 14.5 Å². The lowest BCUT2D eigenvalue weighted by Gasteiger charge is -2.33. The second kappa shape index (κ2) is 11.6. The van der Waals surface area contributed by atoms with E-state index in [0.717, 1.165) is 16.7 Å². The molecular weight excluding hydrogens is 512 g/mol. The number of hydrogen-bond donors (Lipinski definition) is 2. The zero-order valence-corrected chi connectivity index (χ0v) is 22.1. The summed E-state index contributed by atoms with van der Waals surface area (Å²) in [7, 11) is 0. The van der Waals surface area contributed by atoms with Crippen LogP contribution in [-0.4, -0.2) is 46.8 Å². The first kappa shape index (κ1) is 26.3. The van der Waals surface area contributed by atoms with E-state index in [1.165, 1.54) is 4.90 Å². The fourth-order valence-corrected chi connectivity index (χ4v) is 5.20. The van der Waals surface area contributed by atoms with E-state index in [0.29, 0.717) is 29.3 Å². The van der Waals surface area contributed by atoms with E-state index in [-0.39, 0.29) is 30.9 Å². The standard InChI is InChI=1S/C31H29ClN4O3/c1-2-17-35-26-20-36(30(38)27(26)28(34-31(35)39)23-13-15-24(32)16-14-23)25(18-21-9-5-3-6-10-21)29(37)33-19-22-11-7-4-8-12-22/h2-16,25,28H,1,17-20H2,(H,33,37)(H,34,39)/t25-,28+/m0/s1. The van der Waals surface area contributed by atoms with Gasteiger partial charge in [0.15, 0.2) is 0 Å². The number of amides is 4. The topological polar surface area (TPSA) is 81.8 Å². The molecule has 0 aliphatic carbocycles. The van der Waals surface area contributed by atoms with E-state index in [4.69, 9.17) is 11.6 Å². The van der Waals surface area contributed by atoms with E-state index >= 15 is 0 Å². The molecule has 0 radical (unpaired) electrons. The first-order chi connectivity index (χ1) is 19.0. The van der Waals surface area contributed by atoms with Gasteiger partial charge in [0.05, 0.1) is 23.9 Å². The normalized spacial score (nSPS) is 17.5. The molecule has 7 nitrogen and oxygen atoms in total. The summed E-state index contributed by atoms with van der Waals surface area (Å²) in [4.78, 5) is 44.0. The van der Waals surface area contributed by atoms with E-state index in [9.17, 15) is 14.4 Å². The van der Waals surface area contributed by atoms with Crippen LogP contribution in [0.15, 0.2) is 109 Å². The van der Waals surface area contributed by atoms with Crippen molar-refractivity contribution in [3.05, 3.63) is 131 Å². The number of benzene rings is 3. The van der Waals surface area contributed by atoms with Gasteiger partial charge in [0.25, 0.3) is 5.91 Å². The molecule has 2 N–H and O–H groups in total. The Balaban J connectivity index is 1.48. The van der Waals surface area contributed by atoms with Crippen LogP contribution < -0.4 is 10.6 Å². The monoisotopic (exact) mass is 540 g/mol. The molecule has 0 aromatic heterocycles. The van der Waals surface area contributed by atoms with Gasteiger partial charge < -0.3 is 15.5 Å². The first-order valence-corrected chi connectivity index (χ1v) is 13.2. The van der Waals surface area contributed by atoms with Crippen molar-refractivity contribution in [3.8, 4) is 0 Å². The van der Waals surface area contributed by atoms with Crippen molar-refractivity contribution in [2.45, 2.75) is 25.0 Å². The lowest BCUT2D eigenvalue weighted by Crippen LogP contribution is -2.49. The molecule has 0 unspecified atom stereocenters. The van der Waals surface area contributed by atoms with Gasteiger partial charge in [-0.1, -0.05) is 90.5 Å². The van der Waals surface area contributed by atoms with Crippen LogP contribution in [0, 0.1) is 0 Å². The number of halogens is 1. The van der Waals surface area contributed by atoms with Crippen molar-refractivity contribution < 1.29 is 14.4 Å². The van der Waals surface area contributed by atoms with Crippen molar-refractivity contribution >= 4 is 29.4 Å². The van der Waals surface area contributed by atoms with Crippen LogP contribution in [0.1, 0.15) is 22.7 Å². The van der Waals surface area contributed by atoms with Crippen LogP contribution in [0.3, 0.4) is 0 Å². The fourth-order valence-electron chi connectivity index (χ4n) is 5.08. The molecule has 0 saturated carbocycles. The summed E-state index contributed by atoms with van der Waals surface area (Å²) in [5.74, 6) is -0.539. The van der Waals surface area contributed by atoms with E-state index in [2.05, 4.69) is 17.2 Å². The summed E-state index contributed by atoms with van der Waals surface area (Å²) in [6, 6.07) is 24.5. The highest BCUT2D eigenvalue weighted by Crippen LogP contribution is 2.37. The lowest BCUT2D eigenvalue weighted by atomic mass is 9.95. The molecule has 0 spiro atoms. The largest absolute Gasteiger partial charge is 0.350 e. The minimum atomic E-state index is -0.777. The van der Waals surface area contributed by atoms with Crippen LogP contribution in [0.25, 0.3) is 0 Å². The van der Waals surface area contributed by atoms with Crippen molar-refractivity contribution in [1.82, 2.24) is 20.4 Å². The molecule has 3 aromatic carbocycles. The molecule has 2 atom stereocenters. The molecule has 0 saturated heterocycles. The maximum absolute atomic E-state index is 14.1. The quantitative estimate of drug-likeness (QED) is 0.389. The van der Waals surface area contributed by atoms with Gasteiger partial charge in [0.1, 0.15) is 6.04 Å². The average molecular weight is 541 g/mol. The summed E-state index contributed by atoms with van der Waals surface area (Å²) in [5.41, 5.74) is 3.66. The first-order valence-electron chi connectivity index (χ1n) is 12.8. The molecule has 2 heterocycles. The third-order valence-electron chi connectivity index (χ3n) is 7.03. The van der Waals surface area contributed by atoms with E-state index < -0.39 is 12.1 Å². The highest BCUT2D eigenvalue weighted by atomic mass is 35.5. The SMILES string of the molecule is C=CCN1C(=O)N[C@H](c2ccc(Cl)cc2)C2=C1CN([C@@H](Cc1ccccc1)C(=O)NCc1ccccc1)C2=O. The van der Waals surface area contributed by atoms with Gasteiger partial charge in [-0.2, -0.15) is 0 Å². The number of nitrogens with one attached hydrogen (secondary N) is 2. The summed E-state index contributed by atoms with van der Waals surface area (Å²) in [6.45, 7) is 4.50. The van der Waals surface area contributed by atoms with Crippen LogP contribution >= 0.6 is 11.6 Å². The van der Waals surface area contributed by atoms with Gasteiger partial charge >= 0.3 is 6.03 Å². The maximum atomic E-state index is 14.1. The summed E-state index contributed by atoms with van der Waals surface area (Å²) >= 11 is 6.10. The Kier molecular flexibility index (Phi) is 7.79. The predicted octanol–water partition coefficient (Wildman–Crippen LogP) is 4.62. The van der Waals surface area contributed by atoms with Gasteiger partial charge in [0.2, 0.25) is 5.91 Å². The maximum Gasteiger partial charge on any atom is 0.322 e. The lowest BCUT2D eigenvalue weighted by molar-refractivity contribution is -0.136. The highest BCUT2D eigenvalue weighted by molar-refractivity contribution is 6.30. The molecule has 8 heteroatoms. The van der Waals surface area contributed by atoms with Crippen molar-refractivity contribution in [3.63, 3.8) is 0 Å². The van der Waals surface area contributed by atoms with Crippen molar-refractivity contribution in [2.24, 2.45) is 0 Å². The molecule has 2 aliphatic rings. The number of carbonyl (C=O) groups is 3. The van der Waals surface area contributed by atoms with Gasteiger partial charge in [-0.15, -0.1) is 6.58 Å². The molecule has 3 aromatic rings. The molecule has 198 valence electrons. The zero-order valence-electron chi connectivity index (χ0n) is 21.3. The van der Waals surface area contributed by atoms with Crippen LogP contribution in [0.2, 0.25) is 5.02 Å². The van der Waals surface area contributed by atoms with Crippen molar-refractivity contribution in [2.75, 3.05) is 13.1 Å². The molecule has 0 fully saturated rings. The third kappa shape index (κ3) is 5.59. The van der Waals surface area contributed by atoms with Crippen LogP contribution in [-0.2, 0) is 22.6 Å². The van der Waals surface area contributed by atoms with E-state index in [1.54, 1.807) is 35.2 Å². The van der Waals surface area contributed by atoms with Gasteiger partial charge in [-0.05, 0) is 28.8 Å². The molecule has 2 aliphatic heterocycles. The van der Waals surface area contributed by atoms with Gasteiger partial charge in [0, 0.05) is 24.5 Å². The van der Waals surface area contributed by atoms with E-state index in [1.807, 2.05) is 60.7 Å². The second-order valence-electron chi connectivity index (χ2n) is 9.54. The number of rotatable bonds is 9. The smallest absolute Gasteiger partial charge is 0.322 e. The number of nitrogens with zero attached hydrogens (tertiary/aromatic N) is 2. The predicted molar refractivity (Wildman–Crippen MR) is 151 cm³/mol. The molecular formula is C31H29ClN4O3. The Hall–Kier alpha value is -4.36. The van der Waals surface area contributed by atoms with Crippen LogP contribution in [0.5, 0.6) is 0 Å². The summed E-state index contributed by atoms with van der Waals surface area (Å²) < 4.78 is 0. The number of carbonyl (C=O) groups excluding carboxylic acids is 3. The van der Waals surface area contributed by atoms with Gasteiger partial charge in [-0.25, -0.2) is 4.79 Å². The Bertz CT molecular complexity index is 1410. The average Bonchev–Trinajstić information content (AvgIpc) is 3.30. The molecule has 39 heavy (non-hydrogen) atoms. The molecule has 4 amide bonds. The minimum absolute atomic E-state index is 0.135. The Morgan fingerprint density at radius 3 is 2.28 bits per heavy atom. The Morgan fingerprint density at radius 1 is 1.00 bits per heavy atom. The highest BCUT2D eigenvalue weighted by Gasteiger charge is 2.46. The number of hydrogen-bond acceptors (Lipinski definition) is 3. The Morgan fingerprint density at radius 2 is 1.64 bits per heavy atom. The summed E-state index contributed by atoms with van der Waals surface area (Å²) in [5, 5.41) is 6.53. The minimum Gasteiger partial charge on any atom is -0.350 e. The summed E-state index contributed by atoms with van der Waals surface area (Å²) in [6.07, 6.45) is 1.95. The second-order valence-corrected chi connectivity index (χ2v) is 9.97. The zero-order chi connectivity index (χ0) is 27.4.